The Bertz CT molecular complexity index is 234. The number of morpholine rings is 1. The molecule has 0 aromatic rings. The summed E-state index contributed by atoms with van der Waals surface area (Å²) in [5.41, 5.74) is 9.65. The summed E-state index contributed by atoms with van der Waals surface area (Å²) in [7, 11) is 0. The van der Waals surface area contributed by atoms with Crippen molar-refractivity contribution in [2.24, 2.45) is 5.73 Å². The van der Waals surface area contributed by atoms with Gasteiger partial charge in [0.15, 0.2) is 0 Å². The normalized spacial score (nSPS) is 36.0. The van der Waals surface area contributed by atoms with Gasteiger partial charge in [-0.05, 0) is 19.3 Å². The molecule has 2 aliphatic rings. The molecule has 0 aromatic carbocycles. The average Bonchev–Trinajstić information content (AvgIpc) is 2.40. The predicted octanol–water partition coefficient (Wildman–Crippen LogP) is 0.110. The lowest BCUT2D eigenvalue weighted by Crippen LogP contribution is -2.63. The van der Waals surface area contributed by atoms with Crippen LogP contribution in [-0.4, -0.2) is 56.1 Å². The van der Waals surface area contributed by atoms with E-state index in [1.165, 1.54) is 0 Å². The molecule has 100 valence electrons. The van der Waals surface area contributed by atoms with E-state index in [0.717, 1.165) is 52.2 Å². The maximum absolute atomic E-state index is 6.00. The summed E-state index contributed by atoms with van der Waals surface area (Å²) in [5.74, 6) is 0. The minimum atomic E-state index is 0.0241. The molecule has 2 heterocycles. The van der Waals surface area contributed by atoms with E-state index in [-0.39, 0.29) is 5.54 Å². The topological polar surface area (TPSA) is 59.8 Å². The van der Waals surface area contributed by atoms with Crippen molar-refractivity contribution >= 4 is 0 Å². The first kappa shape index (κ1) is 13.2. The molecule has 2 aliphatic heterocycles. The van der Waals surface area contributed by atoms with Gasteiger partial charge in [-0.25, -0.2) is 10.4 Å². The first-order valence-corrected chi connectivity index (χ1v) is 6.70. The highest BCUT2D eigenvalue weighted by Gasteiger charge is 2.36. The smallest absolute Gasteiger partial charge is 0.0608 e. The van der Waals surface area contributed by atoms with E-state index in [0.29, 0.717) is 12.6 Å². The zero-order valence-corrected chi connectivity index (χ0v) is 10.8. The number of hydrazine groups is 1. The van der Waals surface area contributed by atoms with Crippen LogP contribution < -0.4 is 11.2 Å². The fraction of sp³-hybridized carbons (Fsp3) is 1.00. The van der Waals surface area contributed by atoms with Crippen LogP contribution >= 0.6 is 0 Å². The van der Waals surface area contributed by atoms with E-state index in [1.54, 1.807) is 0 Å². The summed E-state index contributed by atoms with van der Waals surface area (Å²) in [4.78, 5) is 0. The van der Waals surface area contributed by atoms with Gasteiger partial charge in [-0.15, -0.1) is 0 Å². The van der Waals surface area contributed by atoms with Gasteiger partial charge in [0.2, 0.25) is 0 Å². The molecule has 5 heteroatoms. The van der Waals surface area contributed by atoms with Gasteiger partial charge in [-0.3, -0.25) is 0 Å². The van der Waals surface area contributed by atoms with Gasteiger partial charge in [0, 0.05) is 31.8 Å². The minimum absolute atomic E-state index is 0.0241. The Labute approximate surface area is 104 Å². The molecule has 17 heavy (non-hydrogen) atoms. The molecule has 0 bridgehead atoms. The van der Waals surface area contributed by atoms with Crippen molar-refractivity contribution in [3.8, 4) is 0 Å². The van der Waals surface area contributed by atoms with E-state index >= 15 is 0 Å². The van der Waals surface area contributed by atoms with Crippen LogP contribution in [0.25, 0.3) is 0 Å². The molecule has 2 fully saturated rings. The van der Waals surface area contributed by atoms with Crippen molar-refractivity contribution in [2.45, 2.75) is 37.8 Å². The molecule has 2 unspecified atom stereocenters. The minimum Gasteiger partial charge on any atom is -0.379 e. The van der Waals surface area contributed by atoms with E-state index in [1.807, 2.05) is 0 Å². The van der Waals surface area contributed by atoms with Crippen LogP contribution in [0.5, 0.6) is 0 Å². The number of nitrogens with two attached hydrogens (primary N) is 1. The Hall–Kier alpha value is -0.200. The van der Waals surface area contributed by atoms with Crippen LogP contribution in [0.4, 0.5) is 0 Å². The molecule has 3 N–H and O–H groups in total. The number of rotatable bonds is 4. The fourth-order valence-corrected chi connectivity index (χ4v) is 2.62. The highest BCUT2D eigenvalue weighted by molar-refractivity contribution is 4.93. The second kappa shape index (κ2) is 6.11. The third kappa shape index (κ3) is 3.39. The van der Waals surface area contributed by atoms with Crippen LogP contribution in [0.3, 0.4) is 0 Å². The summed E-state index contributed by atoms with van der Waals surface area (Å²) >= 11 is 0. The van der Waals surface area contributed by atoms with Gasteiger partial charge in [-0.2, -0.15) is 0 Å². The number of hydrogen-bond acceptors (Lipinski definition) is 5. The first-order chi connectivity index (χ1) is 8.28. The molecule has 0 saturated carbocycles. The third-order valence-electron chi connectivity index (χ3n) is 3.81. The van der Waals surface area contributed by atoms with Gasteiger partial charge in [0.25, 0.3) is 0 Å². The highest BCUT2D eigenvalue weighted by Crippen LogP contribution is 2.26. The Morgan fingerprint density at radius 1 is 1.35 bits per heavy atom. The zero-order valence-electron chi connectivity index (χ0n) is 10.8. The summed E-state index contributed by atoms with van der Waals surface area (Å²) in [6, 6.07) is 0. The zero-order chi connectivity index (χ0) is 12.1. The van der Waals surface area contributed by atoms with E-state index in [2.05, 4.69) is 17.4 Å². The van der Waals surface area contributed by atoms with Crippen molar-refractivity contribution in [2.75, 3.05) is 39.5 Å². The maximum Gasteiger partial charge on any atom is 0.0608 e. The van der Waals surface area contributed by atoms with Gasteiger partial charge in [0.1, 0.15) is 0 Å². The SMILES string of the molecule is CCC1CC(CN)(NN2CCOCC2)CCO1. The van der Waals surface area contributed by atoms with E-state index in [4.69, 9.17) is 15.2 Å². The first-order valence-electron chi connectivity index (χ1n) is 6.70. The molecule has 2 atom stereocenters. The standard InChI is InChI=1S/C12H25N3O2/c1-2-11-9-12(10-13,3-6-17-11)14-15-4-7-16-8-5-15/h11,14H,2-10,13H2,1H3. The summed E-state index contributed by atoms with van der Waals surface area (Å²) in [6.45, 7) is 7.16. The largest absolute Gasteiger partial charge is 0.379 e. The summed E-state index contributed by atoms with van der Waals surface area (Å²) in [5, 5.41) is 2.26. The molecule has 0 radical (unpaired) electrons. The molecule has 0 amide bonds. The van der Waals surface area contributed by atoms with Crippen LogP contribution in [0.1, 0.15) is 26.2 Å². The Balaban J connectivity index is 1.92. The van der Waals surface area contributed by atoms with Crippen LogP contribution in [0.2, 0.25) is 0 Å². The third-order valence-corrected chi connectivity index (χ3v) is 3.81. The lowest BCUT2D eigenvalue weighted by atomic mass is 9.86. The second-order valence-corrected chi connectivity index (χ2v) is 5.05. The monoisotopic (exact) mass is 243 g/mol. The fourth-order valence-electron chi connectivity index (χ4n) is 2.62. The van der Waals surface area contributed by atoms with Gasteiger partial charge in [-0.1, -0.05) is 6.92 Å². The Morgan fingerprint density at radius 3 is 2.76 bits per heavy atom. The number of nitrogens with zero attached hydrogens (tertiary/aromatic N) is 1. The van der Waals surface area contributed by atoms with E-state index in [9.17, 15) is 0 Å². The van der Waals surface area contributed by atoms with Crippen LogP contribution in [-0.2, 0) is 9.47 Å². The maximum atomic E-state index is 6.00. The van der Waals surface area contributed by atoms with Crippen LogP contribution in [0.15, 0.2) is 0 Å². The van der Waals surface area contributed by atoms with Crippen LogP contribution in [0, 0.1) is 0 Å². The van der Waals surface area contributed by atoms with Crippen molar-refractivity contribution in [1.82, 2.24) is 10.4 Å². The Kier molecular flexibility index (Phi) is 4.76. The molecular formula is C12H25N3O2. The predicted molar refractivity (Wildman–Crippen MR) is 66.6 cm³/mol. The molecule has 2 saturated heterocycles. The molecule has 0 aromatic heterocycles. The molecule has 0 aliphatic carbocycles. The average molecular weight is 243 g/mol. The van der Waals surface area contributed by atoms with Crippen molar-refractivity contribution in [3.63, 3.8) is 0 Å². The lowest BCUT2D eigenvalue weighted by Gasteiger charge is -2.44. The molecular weight excluding hydrogens is 218 g/mol. The molecule has 5 nitrogen and oxygen atoms in total. The highest BCUT2D eigenvalue weighted by atomic mass is 16.5. The number of hydrogen-bond donors (Lipinski definition) is 2. The second-order valence-electron chi connectivity index (χ2n) is 5.05. The van der Waals surface area contributed by atoms with E-state index < -0.39 is 0 Å². The summed E-state index contributed by atoms with van der Waals surface area (Å²) in [6.07, 6.45) is 3.42. The van der Waals surface area contributed by atoms with Gasteiger partial charge >= 0.3 is 0 Å². The van der Waals surface area contributed by atoms with Gasteiger partial charge in [0.05, 0.1) is 19.3 Å². The van der Waals surface area contributed by atoms with Crippen molar-refractivity contribution < 1.29 is 9.47 Å². The van der Waals surface area contributed by atoms with Crippen molar-refractivity contribution in [1.29, 1.82) is 0 Å². The lowest BCUT2D eigenvalue weighted by molar-refractivity contribution is -0.0697. The molecule has 0 spiro atoms. The van der Waals surface area contributed by atoms with Gasteiger partial charge < -0.3 is 15.2 Å². The summed E-state index contributed by atoms with van der Waals surface area (Å²) < 4.78 is 11.1. The number of ether oxygens (including phenoxy) is 2. The van der Waals surface area contributed by atoms with Crippen molar-refractivity contribution in [3.05, 3.63) is 0 Å². The quantitative estimate of drug-likeness (QED) is 0.734. The Morgan fingerprint density at radius 2 is 2.12 bits per heavy atom. The number of nitrogens with one attached hydrogen (secondary N) is 1. The molecule has 2 rings (SSSR count).